The Morgan fingerprint density at radius 2 is 1.12 bits per heavy atom. The van der Waals surface area contributed by atoms with Crippen molar-refractivity contribution in [1.29, 1.82) is 0 Å². The van der Waals surface area contributed by atoms with Crippen molar-refractivity contribution in [3.63, 3.8) is 0 Å². The van der Waals surface area contributed by atoms with Crippen molar-refractivity contribution in [2.75, 3.05) is 4.90 Å². The number of anilines is 3. The summed E-state index contributed by atoms with van der Waals surface area (Å²) in [4.78, 5) is 7.45. The smallest absolute Gasteiger partial charge is 0.135 e. The van der Waals surface area contributed by atoms with Gasteiger partial charge in [-0.25, -0.2) is 4.98 Å². The number of furan rings is 1. The van der Waals surface area contributed by atoms with Gasteiger partial charge in [-0.3, -0.25) is 0 Å². The zero-order valence-electron chi connectivity index (χ0n) is 26.4. The van der Waals surface area contributed by atoms with Gasteiger partial charge in [0.05, 0.1) is 10.2 Å². The summed E-state index contributed by atoms with van der Waals surface area (Å²) in [5.41, 5.74) is 9.63. The van der Waals surface area contributed by atoms with Crippen molar-refractivity contribution in [3.8, 4) is 21.7 Å². The topological polar surface area (TPSA) is 29.3 Å². The second-order valence-corrected chi connectivity index (χ2v) is 13.4. The highest BCUT2D eigenvalue weighted by atomic mass is 32.1. The summed E-state index contributed by atoms with van der Waals surface area (Å²) in [6, 6.07) is 60.3. The molecule has 10 aromatic rings. The molecule has 230 valence electrons. The maximum absolute atomic E-state index is 6.19. The number of fused-ring (bicyclic) bond motifs is 8. The van der Waals surface area contributed by atoms with E-state index >= 15 is 0 Å². The van der Waals surface area contributed by atoms with Gasteiger partial charge in [0, 0.05) is 38.8 Å². The first kappa shape index (κ1) is 27.8. The fourth-order valence-electron chi connectivity index (χ4n) is 7.19. The van der Waals surface area contributed by atoms with E-state index < -0.39 is 0 Å². The molecule has 0 radical (unpaired) electrons. The number of hydrogen-bond acceptors (Lipinski definition) is 4. The van der Waals surface area contributed by atoms with Gasteiger partial charge in [-0.2, -0.15) is 0 Å². The van der Waals surface area contributed by atoms with Crippen LogP contribution in [-0.2, 0) is 0 Å². The predicted molar refractivity (Wildman–Crippen MR) is 207 cm³/mol. The minimum atomic E-state index is 0.888. The Labute approximate surface area is 286 Å². The summed E-state index contributed by atoms with van der Waals surface area (Å²) in [6.07, 6.45) is 0. The van der Waals surface area contributed by atoms with E-state index in [1.165, 1.54) is 37.4 Å². The SMILES string of the molecule is c1ccc(-c2nc3ccc4c(-c5ccccc5)cc5cc(N(c6ccccc6)c6ccc7oc8ccccc8c7c6)ccc5c4c3s2)cc1. The van der Waals surface area contributed by atoms with E-state index in [9.17, 15) is 0 Å². The largest absolute Gasteiger partial charge is 0.456 e. The number of aromatic nitrogens is 1. The molecular weight excluding hydrogens is 617 g/mol. The third-order valence-corrected chi connectivity index (χ3v) is 10.6. The van der Waals surface area contributed by atoms with Gasteiger partial charge in [-0.05, 0) is 87.9 Å². The standard InChI is InChI=1S/C45H28N2OS/c1-4-12-29(13-5-1)38-27-31-26-33(20-22-35(31)43-37(38)23-24-40-44(43)49-45(46-40)30-14-6-2-7-15-30)47(32-16-8-3-9-17-32)34-21-25-42-39(28-34)36-18-10-11-19-41(36)48-42/h1-28H. The van der Waals surface area contributed by atoms with E-state index in [0.717, 1.165) is 55.1 Å². The Kier molecular flexibility index (Phi) is 6.36. The molecule has 2 heterocycles. The molecule has 0 aliphatic carbocycles. The lowest BCUT2D eigenvalue weighted by molar-refractivity contribution is 0.669. The van der Waals surface area contributed by atoms with Crippen LogP contribution in [0.5, 0.6) is 0 Å². The van der Waals surface area contributed by atoms with E-state index in [0.29, 0.717) is 0 Å². The highest BCUT2D eigenvalue weighted by molar-refractivity contribution is 7.22. The van der Waals surface area contributed by atoms with Crippen LogP contribution in [0.2, 0.25) is 0 Å². The number of nitrogens with zero attached hydrogens (tertiary/aromatic N) is 2. The first-order chi connectivity index (χ1) is 24.3. The van der Waals surface area contributed by atoms with Crippen molar-refractivity contribution >= 4 is 82.1 Å². The molecule has 4 heteroatoms. The summed E-state index contributed by atoms with van der Waals surface area (Å²) >= 11 is 1.78. The van der Waals surface area contributed by atoms with Crippen LogP contribution in [0, 0.1) is 0 Å². The van der Waals surface area contributed by atoms with Crippen LogP contribution in [0.15, 0.2) is 174 Å². The minimum Gasteiger partial charge on any atom is -0.456 e. The summed E-state index contributed by atoms with van der Waals surface area (Å²) in [5, 5.41) is 8.15. The molecule has 0 spiro atoms. The van der Waals surface area contributed by atoms with Gasteiger partial charge in [0.25, 0.3) is 0 Å². The van der Waals surface area contributed by atoms with E-state index in [1.54, 1.807) is 11.3 Å². The molecule has 0 aliphatic heterocycles. The van der Waals surface area contributed by atoms with Crippen molar-refractivity contribution < 1.29 is 4.42 Å². The van der Waals surface area contributed by atoms with Crippen LogP contribution in [-0.4, -0.2) is 4.98 Å². The predicted octanol–water partition coefficient (Wildman–Crippen LogP) is 13.3. The van der Waals surface area contributed by atoms with Gasteiger partial charge >= 0.3 is 0 Å². The Hall–Kier alpha value is -6.23. The fraction of sp³-hybridized carbons (Fsp3) is 0. The van der Waals surface area contributed by atoms with Gasteiger partial charge < -0.3 is 9.32 Å². The van der Waals surface area contributed by atoms with E-state index in [4.69, 9.17) is 9.40 Å². The molecule has 0 unspecified atom stereocenters. The Morgan fingerprint density at radius 3 is 1.94 bits per heavy atom. The first-order valence-electron chi connectivity index (χ1n) is 16.5. The highest BCUT2D eigenvalue weighted by Crippen LogP contribution is 2.45. The van der Waals surface area contributed by atoms with Crippen LogP contribution >= 0.6 is 11.3 Å². The molecule has 0 atom stereocenters. The first-order valence-corrected chi connectivity index (χ1v) is 17.3. The van der Waals surface area contributed by atoms with Gasteiger partial charge in [-0.1, -0.05) is 109 Å². The molecule has 0 bridgehead atoms. The Morgan fingerprint density at radius 1 is 0.469 bits per heavy atom. The van der Waals surface area contributed by atoms with E-state index in [-0.39, 0.29) is 0 Å². The van der Waals surface area contributed by atoms with Gasteiger partial charge in [-0.15, -0.1) is 11.3 Å². The zero-order chi connectivity index (χ0) is 32.3. The summed E-state index contributed by atoms with van der Waals surface area (Å²) in [5.74, 6) is 0. The zero-order valence-corrected chi connectivity index (χ0v) is 27.2. The lowest BCUT2D eigenvalue weighted by Gasteiger charge is -2.26. The molecule has 2 aromatic heterocycles. The van der Waals surface area contributed by atoms with Crippen LogP contribution in [0.4, 0.5) is 17.1 Å². The van der Waals surface area contributed by atoms with Crippen molar-refractivity contribution in [1.82, 2.24) is 4.98 Å². The molecule has 49 heavy (non-hydrogen) atoms. The lowest BCUT2D eigenvalue weighted by atomic mass is 9.92. The number of para-hydroxylation sites is 2. The molecule has 0 aliphatic rings. The van der Waals surface area contributed by atoms with Gasteiger partial charge in [0.2, 0.25) is 0 Å². The summed E-state index contributed by atoms with van der Waals surface area (Å²) in [6.45, 7) is 0. The second-order valence-electron chi connectivity index (χ2n) is 12.4. The van der Waals surface area contributed by atoms with Crippen LogP contribution < -0.4 is 4.90 Å². The van der Waals surface area contributed by atoms with E-state index in [1.807, 2.05) is 12.1 Å². The summed E-state index contributed by atoms with van der Waals surface area (Å²) < 4.78 is 7.41. The number of thiazole rings is 1. The van der Waals surface area contributed by atoms with Crippen LogP contribution in [0.3, 0.4) is 0 Å². The quantitative estimate of drug-likeness (QED) is 0.175. The molecule has 0 amide bonds. The van der Waals surface area contributed by atoms with Gasteiger partial charge in [0.15, 0.2) is 0 Å². The molecule has 8 aromatic carbocycles. The Balaban J connectivity index is 1.23. The number of hydrogen-bond donors (Lipinski definition) is 0. The lowest BCUT2D eigenvalue weighted by Crippen LogP contribution is -2.09. The molecule has 0 fully saturated rings. The third-order valence-electron chi connectivity index (χ3n) is 9.45. The monoisotopic (exact) mass is 644 g/mol. The maximum atomic E-state index is 6.19. The van der Waals surface area contributed by atoms with Crippen molar-refractivity contribution in [3.05, 3.63) is 170 Å². The normalized spacial score (nSPS) is 11.7. The molecule has 0 N–H and O–H groups in total. The van der Waals surface area contributed by atoms with Crippen molar-refractivity contribution in [2.45, 2.75) is 0 Å². The van der Waals surface area contributed by atoms with Crippen molar-refractivity contribution in [2.24, 2.45) is 0 Å². The molecule has 3 nitrogen and oxygen atoms in total. The van der Waals surface area contributed by atoms with Crippen LogP contribution in [0.1, 0.15) is 0 Å². The molecule has 0 saturated carbocycles. The maximum Gasteiger partial charge on any atom is 0.135 e. The van der Waals surface area contributed by atoms with Crippen LogP contribution in [0.25, 0.3) is 75.4 Å². The van der Waals surface area contributed by atoms with Gasteiger partial charge in [0.1, 0.15) is 16.2 Å². The average molecular weight is 645 g/mol. The molecule has 10 rings (SSSR count). The second kappa shape index (κ2) is 11.2. The third kappa shape index (κ3) is 4.61. The highest BCUT2D eigenvalue weighted by Gasteiger charge is 2.19. The summed E-state index contributed by atoms with van der Waals surface area (Å²) in [7, 11) is 0. The molecular formula is C45H28N2OS. The molecule has 0 saturated heterocycles. The Bertz CT molecular complexity index is 2820. The average Bonchev–Trinajstić information content (AvgIpc) is 3.78. The number of benzene rings is 8. The number of rotatable bonds is 5. The van der Waals surface area contributed by atoms with E-state index in [2.05, 4.69) is 163 Å². The fourth-order valence-corrected chi connectivity index (χ4v) is 8.32. The minimum absolute atomic E-state index is 0.888.